The summed E-state index contributed by atoms with van der Waals surface area (Å²) in [7, 11) is 1.75. The van der Waals surface area contributed by atoms with Gasteiger partial charge in [0.15, 0.2) is 0 Å². The minimum atomic E-state index is -0.577. The van der Waals surface area contributed by atoms with Gasteiger partial charge in [-0.25, -0.2) is 0 Å². The predicted molar refractivity (Wildman–Crippen MR) is 120 cm³/mol. The summed E-state index contributed by atoms with van der Waals surface area (Å²) in [5.41, 5.74) is 2.80. The van der Waals surface area contributed by atoms with Crippen LogP contribution in [0.3, 0.4) is 0 Å². The number of aliphatic hydroxyl groups excluding tert-OH is 1. The fourth-order valence-electron chi connectivity index (χ4n) is 3.25. The first-order chi connectivity index (χ1) is 14.2. The van der Waals surface area contributed by atoms with Gasteiger partial charge in [-0.2, -0.15) is 0 Å². The van der Waals surface area contributed by atoms with Crippen LogP contribution in [0.4, 0.5) is 5.69 Å². The lowest BCUT2D eigenvalue weighted by Crippen LogP contribution is -2.22. The van der Waals surface area contributed by atoms with Gasteiger partial charge in [-0.1, -0.05) is 49.2 Å². The van der Waals surface area contributed by atoms with Gasteiger partial charge in [0.05, 0.1) is 11.8 Å². The lowest BCUT2D eigenvalue weighted by molar-refractivity contribution is 0.127. The Hall–Kier alpha value is -2.08. The molecule has 0 aliphatic heterocycles. The summed E-state index contributed by atoms with van der Waals surface area (Å²) in [4.78, 5) is 0. The molecule has 1 atom stereocenters. The van der Waals surface area contributed by atoms with E-state index in [4.69, 9.17) is 4.74 Å². The average Bonchev–Trinajstić information content (AvgIpc) is 2.75. The number of hydrogen-bond acceptors (Lipinski definition) is 5. The molecule has 2 rings (SSSR count). The fourth-order valence-corrected chi connectivity index (χ4v) is 3.25. The monoisotopic (exact) mass is 400 g/mol. The molecular weight excluding hydrogens is 364 g/mol. The van der Waals surface area contributed by atoms with E-state index in [2.05, 4.69) is 34.9 Å². The molecule has 29 heavy (non-hydrogen) atoms. The number of phenolic OH excluding ortho intramolecular Hbond substituents is 1. The Bertz CT molecular complexity index is 679. The van der Waals surface area contributed by atoms with E-state index in [0.717, 1.165) is 51.0 Å². The van der Waals surface area contributed by atoms with Crippen LogP contribution >= 0.6 is 0 Å². The van der Waals surface area contributed by atoms with Crippen molar-refractivity contribution in [3.63, 3.8) is 0 Å². The number of benzene rings is 2. The van der Waals surface area contributed by atoms with E-state index < -0.39 is 6.10 Å². The highest BCUT2D eigenvalue weighted by atomic mass is 16.5. The van der Waals surface area contributed by atoms with Crippen LogP contribution in [-0.2, 0) is 11.2 Å². The largest absolute Gasteiger partial charge is 0.506 e. The summed E-state index contributed by atoms with van der Waals surface area (Å²) < 4.78 is 5.72. The number of aliphatic hydroxyl groups is 1. The van der Waals surface area contributed by atoms with Gasteiger partial charge in [-0.05, 0) is 55.5 Å². The summed E-state index contributed by atoms with van der Waals surface area (Å²) in [6, 6.07) is 15.7. The number of aromatic hydroxyl groups is 1. The number of phenols is 1. The topological polar surface area (TPSA) is 73.8 Å². The summed E-state index contributed by atoms with van der Waals surface area (Å²) in [6.07, 6.45) is 6.12. The van der Waals surface area contributed by atoms with Crippen molar-refractivity contribution in [2.75, 3.05) is 38.7 Å². The second-order valence-corrected chi connectivity index (χ2v) is 7.36. The van der Waals surface area contributed by atoms with E-state index in [1.807, 2.05) is 6.07 Å². The molecule has 0 aliphatic carbocycles. The van der Waals surface area contributed by atoms with Crippen LogP contribution < -0.4 is 10.6 Å². The standard InChI is InChI=1S/C24H36N2O3/c1-25-22-18-21(13-14-23(22)27)24(28)19-26-15-7-2-3-8-16-29-17-9-12-20-10-5-4-6-11-20/h4-6,10-11,13-14,18,24-28H,2-3,7-9,12,15-17,19H2,1H3. The number of rotatable bonds is 15. The van der Waals surface area contributed by atoms with Crippen molar-refractivity contribution in [2.24, 2.45) is 0 Å². The van der Waals surface area contributed by atoms with E-state index in [9.17, 15) is 10.2 Å². The van der Waals surface area contributed by atoms with Gasteiger partial charge < -0.3 is 25.6 Å². The van der Waals surface area contributed by atoms with Crippen molar-refractivity contribution in [2.45, 2.75) is 44.6 Å². The molecule has 1 unspecified atom stereocenters. The van der Waals surface area contributed by atoms with E-state index in [-0.39, 0.29) is 5.75 Å². The summed E-state index contributed by atoms with van der Waals surface area (Å²) in [5.74, 6) is 0.191. The molecule has 2 aromatic carbocycles. The second kappa shape index (κ2) is 14.0. The van der Waals surface area contributed by atoms with E-state index >= 15 is 0 Å². The molecule has 0 spiro atoms. The molecule has 0 aliphatic rings. The minimum absolute atomic E-state index is 0.191. The molecule has 0 saturated carbocycles. The van der Waals surface area contributed by atoms with Crippen molar-refractivity contribution in [1.29, 1.82) is 0 Å². The van der Waals surface area contributed by atoms with Crippen LogP contribution in [0, 0.1) is 0 Å². The molecular formula is C24H36N2O3. The molecule has 4 N–H and O–H groups in total. The molecule has 5 nitrogen and oxygen atoms in total. The Morgan fingerprint density at radius 3 is 2.48 bits per heavy atom. The summed E-state index contributed by atoms with van der Waals surface area (Å²) in [5, 5.41) is 26.2. The smallest absolute Gasteiger partial charge is 0.138 e. The molecule has 0 radical (unpaired) electrons. The van der Waals surface area contributed by atoms with Gasteiger partial charge in [0.2, 0.25) is 0 Å². The number of unbranched alkanes of at least 4 members (excludes halogenated alkanes) is 3. The van der Waals surface area contributed by atoms with Crippen molar-refractivity contribution >= 4 is 5.69 Å². The second-order valence-electron chi connectivity index (χ2n) is 7.36. The number of nitrogens with one attached hydrogen (secondary N) is 2. The van der Waals surface area contributed by atoms with E-state index in [0.29, 0.717) is 12.2 Å². The highest BCUT2D eigenvalue weighted by Gasteiger charge is 2.09. The number of ether oxygens (including phenoxy) is 1. The lowest BCUT2D eigenvalue weighted by Gasteiger charge is -2.14. The Morgan fingerprint density at radius 1 is 0.931 bits per heavy atom. The first kappa shape index (κ1) is 23.2. The molecule has 5 heteroatoms. The van der Waals surface area contributed by atoms with E-state index in [1.165, 1.54) is 18.4 Å². The molecule has 160 valence electrons. The maximum Gasteiger partial charge on any atom is 0.138 e. The lowest BCUT2D eigenvalue weighted by atomic mass is 10.1. The maximum atomic E-state index is 10.3. The van der Waals surface area contributed by atoms with Gasteiger partial charge in [0.1, 0.15) is 5.75 Å². The molecule has 0 amide bonds. The molecule has 0 saturated heterocycles. The quantitative estimate of drug-likeness (QED) is 0.265. The Morgan fingerprint density at radius 2 is 1.69 bits per heavy atom. The van der Waals surface area contributed by atoms with Gasteiger partial charge in [0, 0.05) is 26.8 Å². The average molecular weight is 401 g/mol. The Labute approximate surface area is 175 Å². The molecule has 0 fully saturated rings. The third kappa shape index (κ3) is 9.31. The van der Waals surface area contributed by atoms with Gasteiger partial charge in [0.25, 0.3) is 0 Å². The fraction of sp³-hybridized carbons (Fsp3) is 0.500. The molecule has 2 aromatic rings. The molecule has 0 aromatic heterocycles. The van der Waals surface area contributed by atoms with Crippen LogP contribution in [0.25, 0.3) is 0 Å². The van der Waals surface area contributed by atoms with Crippen LogP contribution in [0.2, 0.25) is 0 Å². The van der Waals surface area contributed by atoms with Gasteiger partial charge in [-0.3, -0.25) is 0 Å². The SMILES string of the molecule is CNc1cc(C(O)CNCCCCCCOCCCc2ccccc2)ccc1O. The van der Waals surface area contributed by atoms with Crippen LogP contribution in [0.1, 0.15) is 49.3 Å². The minimum Gasteiger partial charge on any atom is -0.506 e. The zero-order valence-corrected chi connectivity index (χ0v) is 17.6. The zero-order valence-electron chi connectivity index (χ0n) is 17.6. The third-order valence-corrected chi connectivity index (χ3v) is 5.00. The summed E-state index contributed by atoms with van der Waals surface area (Å²) >= 11 is 0. The number of aryl methyl sites for hydroxylation is 1. The van der Waals surface area contributed by atoms with E-state index in [1.54, 1.807) is 25.2 Å². The highest BCUT2D eigenvalue weighted by molar-refractivity contribution is 5.57. The van der Waals surface area contributed by atoms with Crippen molar-refractivity contribution in [1.82, 2.24) is 5.32 Å². The van der Waals surface area contributed by atoms with Crippen molar-refractivity contribution in [3.8, 4) is 5.75 Å². The predicted octanol–water partition coefficient (Wildman–Crippen LogP) is 4.27. The van der Waals surface area contributed by atoms with Crippen LogP contribution in [0.15, 0.2) is 48.5 Å². The molecule has 0 heterocycles. The first-order valence-electron chi connectivity index (χ1n) is 10.7. The van der Waals surface area contributed by atoms with Gasteiger partial charge >= 0.3 is 0 Å². The van der Waals surface area contributed by atoms with Crippen molar-refractivity contribution in [3.05, 3.63) is 59.7 Å². The molecule has 0 bridgehead atoms. The Kier molecular flexibility index (Phi) is 11.2. The van der Waals surface area contributed by atoms with Crippen LogP contribution in [-0.4, -0.2) is 43.6 Å². The number of anilines is 1. The third-order valence-electron chi connectivity index (χ3n) is 5.00. The van der Waals surface area contributed by atoms with Crippen LogP contribution in [0.5, 0.6) is 5.75 Å². The zero-order chi connectivity index (χ0) is 20.7. The maximum absolute atomic E-state index is 10.3. The van der Waals surface area contributed by atoms with Crippen molar-refractivity contribution < 1.29 is 14.9 Å². The van der Waals surface area contributed by atoms with Gasteiger partial charge in [-0.15, -0.1) is 0 Å². The summed E-state index contributed by atoms with van der Waals surface area (Å²) in [6.45, 7) is 3.08. The first-order valence-corrected chi connectivity index (χ1v) is 10.7. The highest BCUT2D eigenvalue weighted by Crippen LogP contribution is 2.26. The number of hydrogen-bond donors (Lipinski definition) is 4. The normalized spacial score (nSPS) is 12.1. The Balaban J connectivity index is 1.41.